The number of hydrazine groups is 1. The number of carbonyl (C=O) groups is 1. The van der Waals surface area contributed by atoms with Crippen molar-refractivity contribution in [3.63, 3.8) is 0 Å². The van der Waals surface area contributed by atoms with Gasteiger partial charge in [0.25, 0.3) is 0 Å². The van der Waals surface area contributed by atoms with Gasteiger partial charge in [0.2, 0.25) is 15.9 Å². The number of amides is 1. The molecule has 42 heavy (non-hydrogen) atoms. The van der Waals surface area contributed by atoms with E-state index in [1.807, 2.05) is 30.3 Å². The van der Waals surface area contributed by atoms with Crippen molar-refractivity contribution in [1.82, 2.24) is 20.1 Å². The predicted octanol–water partition coefficient (Wildman–Crippen LogP) is 5.24. The molecule has 3 saturated heterocycles. The molecule has 0 spiro atoms. The molecule has 1 aromatic carbocycles. The second-order valence-corrected chi connectivity index (χ2v) is 15.1. The van der Waals surface area contributed by atoms with E-state index >= 15 is 13.2 Å². The highest BCUT2D eigenvalue weighted by Crippen LogP contribution is 2.54. The lowest BCUT2D eigenvalue weighted by Crippen LogP contribution is -2.66. The number of fused-ring (bicyclic) bond motifs is 1. The number of sulfonamides is 1. The zero-order valence-corrected chi connectivity index (χ0v) is 25.6. The van der Waals surface area contributed by atoms with Crippen molar-refractivity contribution in [2.45, 2.75) is 101 Å². The summed E-state index contributed by atoms with van der Waals surface area (Å²) in [7, 11) is -3.26. The number of halogens is 3. The average molecular weight is 613 g/mol. The van der Waals surface area contributed by atoms with Crippen molar-refractivity contribution in [2.75, 3.05) is 25.9 Å². The normalized spacial score (nSPS) is 31.6. The summed E-state index contributed by atoms with van der Waals surface area (Å²) in [6.07, 6.45) is 5.64. The molecule has 236 valence electrons. The summed E-state index contributed by atoms with van der Waals surface area (Å²) in [5.74, 6) is -2.06. The van der Waals surface area contributed by atoms with Crippen LogP contribution in [0.3, 0.4) is 0 Å². The van der Waals surface area contributed by atoms with Crippen LogP contribution in [0, 0.1) is 23.7 Å². The lowest BCUT2D eigenvalue weighted by Gasteiger charge is -2.43. The number of rotatable bonds is 6. The van der Waals surface area contributed by atoms with E-state index in [0.717, 1.165) is 50.5 Å². The molecular formula is C31H47F3N4O3S. The maximum Gasteiger partial charge on any atom is 0.408 e. The van der Waals surface area contributed by atoms with Crippen molar-refractivity contribution < 1.29 is 26.4 Å². The number of nitrogens with zero attached hydrogens (tertiary/aromatic N) is 2. The number of hydrogen-bond acceptors (Lipinski definition) is 5. The Morgan fingerprint density at radius 2 is 1.52 bits per heavy atom. The molecule has 1 saturated carbocycles. The Morgan fingerprint density at radius 1 is 0.929 bits per heavy atom. The molecule has 0 radical (unpaired) electrons. The molecule has 4 fully saturated rings. The molecule has 1 aromatic rings. The second kappa shape index (κ2) is 13.1. The molecule has 11 heteroatoms. The molecule has 7 nitrogen and oxygen atoms in total. The Balaban J connectivity index is 1.44. The van der Waals surface area contributed by atoms with Crippen molar-refractivity contribution in [2.24, 2.45) is 23.7 Å². The smallest absolute Gasteiger partial charge is 0.352 e. The van der Waals surface area contributed by atoms with Gasteiger partial charge in [-0.25, -0.2) is 23.2 Å². The summed E-state index contributed by atoms with van der Waals surface area (Å²) in [4.78, 5) is 14.1. The minimum atomic E-state index is -4.60. The summed E-state index contributed by atoms with van der Waals surface area (Å²) in [6.45, 7) is 1.54. The van der Waals surface area contributed by atoms with E-state index in [1.165, 1.54) is 10.6 Å². The van der Waals surface area contributed by atoms with Crippen molar-refractivity contribution >= 4 is 15.9 Å². The van der Waals surface area contributed by atoms with E-state index in [0.29, 0.717) is 51.7 Å². The van der Waals surface area contributed by atoms with Crippen molar-refractivity contribution in [3.05, 3.63) is 35.9 Å². The van der Waals surface area contributed by atoms with Gasteiger partial charge in [-0.2, -0.15) is 13.2 Å². The number of carbonyl (C=O) groups excluding carboxylic acids is 1. The van der Waals surface area contributed by atoms with Crippen LogP contribution < -0.4 is 10.7 Å². The third-order valence-electron chi connectivity index (χ3n) is 10.6. The highest BCUT2D eigenvalue weighted by Gasteiger charge is 2.71. The second-order valence-electron chi connectivity index (χ2n) is 13.1. The molecule has 0 bridgehead atoms. The van der Waals surface area contributed by atoms with Gasteiger partial charge < -0.3 is 5.32 Å². The SMILES string of the molecule is CS(=O)(=O)N1CCC(C2CCN3NC(C4CCCCCCCC4)(C(F)(F)F)C(C(=O)NCc4ccccc4)C3C2)CC1. The van der Waals surface area contributed by atoms with E-state index in [-0.39, 0.29) is 18.4 Å². The van der Waals surface area contributed by atoms with Crippen LogP contribution in [0.2, 0.25) is 0 Å². The highest BCUT2D eigenvalue weighted by molar-refractivity contribution is 7.88. The number of nitrogens with one attached hydrogen (secondary N) is 2. The van der Waals surface area contributed by atoms with Crippen LogP contribution in [0.25, 0.3) is 0 Å². The zero-order valence-electron chi connectivity index (χ0n) is 24.7. The molecule has 4 aliphatic rings. The molecule has 3 aliphatic heterocycles. The molecule has 1 amide bonds. The Hall–Kier alpha value is -1.69. The van der Waals surface area contributed by atoms with Gasteiger partial charge in [-0.15, -0.1) is 0 Å². The molecule has 1 aliphatic carbocycles. The molecule has 4 unspecified atom stereocenters. The average Bonchev–Trinajstić information content (AvgIpc) is 3.38. The van der Waals surface area contributed by atoms with Crippen molar-refractivity contribution in [1.29, 1.82) is 0 Å². The lowest BCUT2D eigenvalue weighted by atomic mass is 9.65. The lowest BCUT2D eigenvalue weighted by molar-refractivity contribution is -0.227. The van der Waals surface area contributed by atoms with Gasteiger partial charge in [-0.1, -0.05) is 68.9 Å². The Labute approximate surface area is 249 Å². The van der Waals surface area contributed by atoms with Gasteiger partial charge in [0.05, 0.1) is 12.2 Å². The first-order valence-electron chi connectivity index (χ1n) is 15.9. The highest BCUT2D eigenvalue weighted by atomic mass is 32.2. The van der Waals surface area contributed by atoms with Crippen LogP contribution in [0.1, 0.15) is 82.6 Å². The van der Waals surface area contributed by atoms with E-state index in [1.54, 1.807) is 5.01 Å². The van der Waals surface area contributed by atoms with Crippen molar-refractivity contribution in [3.8, 4) is 0 Å². The van der Waals surface area contributed by atoms with Gasteiger partial charge >= 0.3 is 6.18 Å². The molecule has 0 aromatic heterocycles. The predicted molar refractivity (Wildman–Crippen MR) is 156 cm³/mol. The minimum absolute atomic E-state index is 0.156. The fourth-order valence-electron chi connectivity index (χ4n) is 8.38. The number of alkyl halides is 3. The summed E-state index contributed by atoms with van der Waals surface area (Å²) in [6, 6.07) is 8.76. The third-order valence-corrected chi connectivity index (χ3v) is 11.9. The van der Waals surface area contributed by atoms with E-state index < -0.39 is 45.5 Å². The van der Waals surface area contributed by atoms with Crippen LogP contribution in [-0.2, 0) is 21.4 Å². The Kier molecular flexibility index (Phi) is 9.91. The number of benzene rings is 1. The van der Waals surface area contributed by atoms with Gasteiger partial charge in [-0.05, 0) is 61.8 Å². The van der Waals surface area contributed by atoms with Crippen LogP contribution in [0.15, 0.2) is 30.3 Å². The van der Waals surface area contributed by atoms with Gasteiger partial charge in [-0.3, -0.25) is 4.79 Å². The summed E-state index contributed by atoms with van der Waals surface area (Å²) < 4.78 is 72.5. The van der Waals surface area contributed by atoms with E-state index in [4.69, 9.17) is 0 Å². The fraction of sp³-hybridized carbons (Fsp3) is 0.774. The van der Waals surface area contributed by atoms with Gasteiger partial charge in [0.15, 0.2) is 0 Å². The van der Waals surface area contributed by atoms with Crippen LogP contribution in [0.4, 0.5) is 13.2 Å². The number of piperidine rings is 2. The van der Waals surface area contributed by atoms with E-state index in [2.05, 4.69) is 10.7 Å². The van der Waals surface area contributed by atoms with Gasteiger partial charge in [0, 0.05) is 32.2 Å². The molecular weight excluding hydrogens is 565 g/mol. The molecule has 3 heterocycles. The standard InChI is InChI=1S/C31H47F3N4O3S/c1-42(40,41)37-18-15-24(16-19-37)25-17-20-38-27(21-25)28(29(39)35-22-23-11-7-6-8-12-23)30(36-38,31(32,33)34)26-13-9-4-2-3-5-10-14-26/h6-8,11-12,24-28,36H,2-5,9-10,13-22H2,1H3,(H,35,39). The Morgan fingerprint density at radius 3 is 2.12 bits per heavy atom. The summed E-state index contributed by atoms with van der Waals surface area (Å²) in [5.41, 5.74) is 1.57. The van der Waals surface area contributed by atoms with E-state index in [9.17, 15) is 13.2 Å². The summed E-state index contributed by atoms with van der Waals surface area (Å²) >= 11 is 0. The van der Waals surface area contributed by atoms with Gasteiger partial charge in [0.1, 0.15) is 5.54 Å². The summed E-state index contributed by atoms with van der Waals surface area (Å²) in [5, 5.41) is 4.68. The first-order valence-corrected chi connectivity index (χ1v) is 17.7. The quantitative estimate of drug-likeness (QED) is 0.459. The largest absolute Gasteiger partial charge is 0.408 e. The fourth-order valence-corrected chi connectivity index (χ4v) is 9.25. The van der Waals surface area contributed by atoms with Crippen LogP contribution in [0.5, 0.6) is 0 Å². The molecule has 5 rings (SSSR count). The van der Waals surface area contributed by atoms with Crippen LogP contribution in [-0.4, -0.2) is 67.3 Å². The first kappa shape index (κ1) is 31.7. The topological polar surface area (TPSA) is 81.8 Å². The minimum Gasteiger partial charge on any atom is -0.352 e. The molecule has 4 atom stereocenters. The molecule has 2 N–H and O–H groups in total. The maximum atomic E-state index is 15.6. The van der Waals surface area contributed by atoms with Crippen LogP contribution >= 0.6 is 0 Å². The maximum absolute atomic E-state index is 15.6. The zero-order chi connectivity index (χ0) is 30.0. The Bertz CT molecular complexity index is 1150. The number of hydrogen-bond donors (Lipinski definition) is 2. The first-order chi connectivity index (χ1) is 20.0. The third kappa shape index (κ3) is 6.69. The monoisotopic (exact) mass is 612 g/mol.